The summed E-state index contributed by atoms with van der Waals surface area (Å²) in [5.41, 5.74) is 1.01. The van der Waals surface area contributed by atoms with Gasteiger partial charge in [-0.3, -0.25) is 0 Å². The maximum Gasteiger partial charge on any atom is 0.407 e. The highest BCUT2D eigenvalue weighted by atomic mass is 127. The average molecular weight is 449 g/mol. The number of methoxy groups -OCH3 is 1. The minimum Gasteiger partial charge on any atom is -0.443 e. The first-order valence-electron chi connectivity index (χ1n) is 8.31. The van der Waals surface area contributed by atoms with Gasteiger partial charge in [-0.15, -0.1) is 0 Å². The van der Waals surface area contributed by atoms with E-state index in [1.54, 1.807) is 7.11 Å². The average Bonchev–Trinajstić information content (AvgIpc) is 2.53. The lowest BCUT2D eigenvalue weighted by Crippen LogP contribution is -2.36. The first-order chi connectivity index (χ1) is 11.5. The maximum absolute atomic E-state index is 12.1. The topological polar surface area (TPSA) is 56.8 Å². The zero-order valence-electron chi connectivity index (χ0n) is 14.9. The van der Waals surface area contributed by atoms with Crippen molar-refractivity contribution in [3.05, 3.63) is 33.4 Å². The molecule has 136 valence electrons. The molecule has 1 rings (SSSR count). The minimum absolute atomic E-state index is 0.0273. The number of hydrogen-bond acceptors (Lipinski definition) is 4. The van der Waals surface area contributed by atoms with Crippen molar-refractivity contribution in [3.8, 4) is 0 Å². The Labute approximate surface area is 158 Å². The number of alkyl carbamates (subject to hydrolysis) is 1. The highest BCUT2D eigenvalue weighted by Gasteiger charge is 2.29. The van der Waals surface area contributed by atoms with E-state index in [-0.39, 0.29) is 25.0 Å². The maximum atomic E-state index is 12.1. The van der Waals surface area contributed by atoms with Crippen molar-refractivity contribution in [3.63, 3.8) is 0 Å². The van der Waals surface area contributed by atoms with E-state index in [9.17, 15) is 4.79 Å². The van der Waals surface area contributed by atoms with Crippen molar-refractivity contribution in [2.75, 3.05) is 13.9 Å². The van der Waals surface area contributed by atoms with Gasteiger partial charge in [-0.25, -0.2) is 4.79 Å². The molecule has 1 aromatic rings. The Hall–Kier alpha value is -0.860. The molecule has 2 atom stereocenters. The molecule has 0 aliphatic rings. The van der Waals surface area contributed by atoms with Gasteiger partial charge >= 0.3 is 6.09 Å². The number of amides is 1. The number of ether oxygens (including phenoxy) is 3. The summed E-state index contributed by atoms with van der Waals surface area (Å²) in [7, 11) is 1.58. The van der Waals surface area contributed by atoms with Crippen LogP contribution in [-0.2, 0) is 14.2 Å². The molecule has 0 aliphatic carbocycles. The van der Waals surface area contributed by atoms with Crippen LogP contribution in [0.2, 0.25) is 0 Å². The normalized spacial score (nSPS) is 13.6. The zero-order chi connectivity index (χ0) is 17.9. The molecule has 1 aromatic carbocycles. The summed E-state index contributed by atoms with van der Waals surface area (Å²) < 4.78 is 17.7. The van der Waals surface area contributed by atoms with E-state index < -0.39 is 6.09 Å². The van der Waals surface area contributed by atoms with Gasteiger partial charge in [0.25, 0.3) is 0 Å². The Bertz CT molecular complexity index is 496. The van der Waals surface area contributed by atoms with E-state index in [4.69, 9.17) is 14.2 Å². The second-order valence-corrected chi connectivity index (χ2v) is 7.06. The van der Waals surface area contributed by atoms with Gasteiger partial charge in [-0.1, -0.05) is 31.5 Å². The van der Waals surface area contributed by atoms with E-state index in [1.807, 2.05) is 38.1 Å². The lowest BCUT2D eigenvalue weighted by molar-refractivity contribution is -0.118. The van der Waals surface area contributed by atoms with E-state index in [0.29, 0.717) is 0 Å². The van der Waals surface area contributed by atoms with Crippen LogP contribution in [0.1, 0.15) is 51.7 Å². The Morgan fingerprint density at radius 3 is 2.58 bits per heavy atom. The van der Waals surface area contributed by atoms with Crippen LogP contribution in [0.15, 0.2) is 24.3 Å². The number of halogens is 1. The van der Waals surface area contributed by atoms with Crippen molar-refractivity contribution in [2.24, 2.45) is 0 Å². The number of nitrogens with one attached hydrogen (secondary N) is 1. The highest BCUT2D eigenvalue weighted by molar-refractivity contribution is 14.1. The van der Waals surface area contributed by atoms with Crippen LogP contribution in [0.4, 0.5) is 4.79 Å². The molecule has 0 spiro atoms. The van der Waals surface area contributed by atoms with Gasteiger partial charge in [0.1, 0.15) is 19.0 Å². The third-order valence-corrected chi connectivity index (χ3v) is 4.40. The Morgan fingerprint density at radius 2 is 2.00 bits per heavy atom. The molecule has 0 unspecified atom stereocenters. The number of carbonyl (C=O) groups is 1. The first-order valence-corrected chi connectivity index (χ1v) is 9.39. The van der Waals surface area contributed by atoms with Gasteiger partial charge in [0.05, 0.1) is 0 Å². The first kappa shape index (κ1) is 21.2. The summed E-state index contributed by atoms with van der Waals surface area (Å²) in [6, 6.07) is 7.99. The van der Waals surface area contributed by atoms with Crippen LogP contribution in [0.5, 0.6) is 0 Å². The van der Waals surface area contributed by atoms with Crippen molar-refractivity contribution in [1.29, 1.82) is 0 Å². The number of hydrogen-bond donors (Lipinski definition) is 1. The molecular formula is C18H28INO4. The smallest absolute Gasteiger partial charge is 0.407 e. The molecule has 0 saturated carbocycles. The molecular weight excluding hydrogens is 421 g/mol. The molecule has 1 amide bonds. The number of unbranched alkanes of at least 4 members (excludes halogenated alkanes) is 1. The van der Waals surface area contributed by atoms with Crippen LogP contribution in [0.3, 0.4) is 0 Å². The second-order valence-electron chi connectivity index (χ2n) is 5.90. The quantitative estimate of drug-likeness (QED) is 0.418. The van der Waals surface area contributed by atoms with E-state index >= 15 is 0 Å². The van der Waals surface area contributed by atoms with Gasteiger partial charge < -0.3 is 19.5 Å². The highest BCUT2D eigenvalue weighted by Crippen LogP contribution is 2.30. The lowest BCUT2D eigenvalue weighted by Gasteiger charge is -2.28. The van der Waals surface area contributed by atoms with Crippen molar-refractivity contribution in [1.82, 2.24) is 5.32 Å². The third-order valence-electron chi connectivity index (χ3n) is 3.42. The Balaban J connectivity index is 3.00. The summed E-state index contributed by atoms with van der Waals surface area (Å²) in [6.07, 6.45) is 1.58. The largest absolute Gasteiger partial charge is 0.443 e. The van der Waals surface area contributed by atoms with Crippen LogP contribution < -0.4 is 5.32 Å². The van der Waals surface area contributed by atoms with Crippen molar-refractivity contribution in [2.45, 2.75) is 58.3 Å². The fourth-order valence-electron chi connectivity index (χ4n) is 2.33. The number of benzene rings is 1. The fourth-order valence-corrected chi connectivity index (χ4v) is 3.02. The number of rotatable bonds is 10. The van der Waals surface area contributed by atoms with Gasteiger partial charge in [0.2, 0.25) is 0 Å². The van der Waals surface area contributed by atoms with Crippen LogP contribution in [0, 0.1) is 3.57 Å². The zero-order valence-corrected chi connectivity index (χ0v) is 17.0. The third kappa shape index (κ3) is 7.36. The molecule has 0 saturated heterocycles. The second kappa shape index (κ2) is 11.7. The van der Waals surface area contributed by atoms with Gasteiger partial charge in [0, 0.05) is 16.7 Å². The molecule has 0 heterocycles. The van der Waals surface area contributed by atoms with E-state index in [0.717, 1.165) is 28.4 Å². The molecule has 0 aliphatic heterocycles. The molecule has 24 heavy (non-hydrogen) atoms. The Morgan fingerprint density at radius 1 is 1.29 bits per heavy atom. The lowest BCUT2D eigenvalue weighted by atomic mass is 10.00. The van der Waals surface area contributed by atoms with Crippen LogP contribution in [0.25, 0.3) is 0 Å². The molecule has 0 bridgehead atoms. The summed E-state index contributed by atoms with van der Waals surface area (Å²) in [5.74, 6) is 0. The molecule has 5 nitrogen and oxygen atoms in total. The molecule has 0 radical (unpaired) electrons. The Kier molecular flexibility index (Phi) is 10.3. The van der Waals surface area contributed by atoms with Gasteiger partial charge in [-0.05, 0) is 60.9 Å². The van der Waals surface area contributed by atoms with Gasteiger partial charge in [0.15, 0.2) is 0 Å². The summed E-state index contributed by atoms with van der Waals surface area (Å²) in [6.45, 7) is 6.07. The summed E-state index contributed by atoms with van der Waals surface area (Å²) >= 11 is 2.28. The minimum atomic E-state index is -0.414. The SMILES string of the molecule is CCCC[C@H](OC(=O)NC(C)C)[C@@H](OCOC)c1ccccc1I. The predicted octanol–water partition coefficient (Wildman–Crippen LogP) is 4.65. The fraction of sp³-hybridized carbons (Fsp3) is 0.611. The van der Waals surface area contributed by atoms with Crippen molar-refractivity contribution < 1.29 is 19.0 Å². The van der Waals surface area contributed by atoms with Crippen LogP contribution >= 0.6 is 22.6 Å². The summed E-state index contributed by atoms with van der Waals surface area (Å²) in [5, 5.41) is 2.78. The molecule has 0 aromatic heterocycles. The summed E-state index contributed by atoms with van der Waals surface area (Å²) in [4.78, 5) is 12.1. The standard InChI is InChI=1S/C18H28INO4/c1-5-6-11-16(24-18(21)20-13(2)3)17(23-12-22-4)14-9-7-8-10-15(14)19/h7-10,13,16-17H,5-6,11-12H2,1-4H3,(H,20,21)/t16-,17-/m0/s1. The van der Waals surface area contributed by atoms with Crippen LogP contribution in [-0.4, -0.2) is 32.1 Å². The predicted molar refractivity (Wildman–Crippen MR) is 103 cm³/mol. The molecule has 0 fully saturated rings. The van der Waals surface area contributed by atoms with Gasteiger partial charge in [-0.2, -0.15) is 0 Å². The van der Waals surface area contributed by atoms with E-state index in [2.05, 4.69) is 34.8 Å². The van der Waals surface area contributed by atoms with Crippen molar-refractivity contribution >= 4 is 28.7 Å². The molecule has 1 N–H and O–H groups in total. The number of carbonyl (C=O) groups excluding carboxylic acids is 1. The monoisotopic (exact) mass is 449 g/mol. The molecule has 6 heteroatoms. The van der Waals surface area contributed by atoms with E-state index in [1.165, 1.54) is 0 Å².